The number of nitrogens with zero attached hydrogens (tertiary/aromatic N) is 1. The van der Waals surface area contributed by atoms with Crippen LogP contribution in [0.1, 0.15) is 23.2 Å². The molecule has 0 atom stereocenters. The summed E-state index contributed by atoms with van der Waals surface area (Å²) in [4.78, 5) is 14.5. The van der Waals surface area contributed by atoms with Gasteiger partial charge in [-0.05, 0) is 55.3 Å². The van der Waals surface area contributed by atoms with E-state index >= 15 is 0 Å². The van der Waals surface area contributed by atoms with E-state index in [0.717, 1.165) is 12.8 Å². The Morgan fingerprint density at radius 1 is 1.07 bits per heavy atom. The number of hydrogen-bond donors (Lipinski definition) is 2. The molecule has 1 heterocycles. The Hall–Kier alpha value is -2.49. The number of nitrogens with one attached hydrogen (secondary N) is 2. The number of sulfonamides is 1. The van der Waals surface area contributed by atoms with Gasteiger partial charge < -0.3 is 15.0 Å². The van der Waals surface area contributed by atoms with Gasteiger partial charge in [-0.15, -0.1) is 0 Å². The van der Waals surface area contributed by atoms with Gasteiger partial charge in [-0.1, -0.05) is 0 Å². The van der Waals surface area contributed by atoms with Crippen molar-refractivity contribution in [1.82, 2.24) is 4.72 Å². The van der Waals surface area contributed by atoms with Crippen molar-refractivity contribution in [3.63, 3.8) is 0 Å². The first-order chi connectivity index (χ1) is 13.9. The Morgan fingerprint density at radius 2 is 1.76 bits per heavy atom. The number of morpholine rings is 1. The molecule has 0 spiro atoms. The highest BCUT2D eigenvalue weighted by Gasteiger charge is 2.28. The van der Waals surface area contributed by atoms with Crippen LogP contribution in [0.5, 0.6) is 0 Å². The van der Waals surface area contributed by atoms with E-state index in [9.17, 15) is 17.6 Å². The second kappa shape index (κ2) is 8.10. The molecule has 29 heavy (non-hydrogen) atoms. The summed E-state index contributed by atoms with van der Waals surface area (Å²) in [6.07, 6.45) is 1.70. The maximum Gasteiger partial charge on any atom is 0.255 e. The highest BCUT2D eigenvalue weighted by molar-refractivity contribution is 7.89. The summed E-state index contributed by atoms with van der Waals surface area (Å²) >= 11 is 0. The average Bonchev–Trinajstić information content (AvgIpc) is 3.52. The molecule has 2 fully saturated rings. The Morgan fingerprint density at radius 3 is 2.38 bits per heavy atom. The summed E-state index contributed by atoms with van der Waals surface area (Å²) in [7, 11) is -3.56. The second-order valence-corrected chi connectivity index (χ2v) is 8.85. The van der Waals surface area contributed by atoms with Gasteiger partial charge in [0.05, 0.1) is 23.8 Å². The second-order valence-electron chi connectivity index (χ2n) is 7.14. The standard InChI is InChI=1S/C20H22FN3O4S/c21-18-13-16(5-8-19(18)24-9-11-28-12-10-24)22-20(25)14-1-6-17(7-2-14)29(26,27)23-15-3-4-15/h1-2,5-8,13,15,23H,3-4,9-12H2,(H,22,25). The van der Waals surface area contributed by atoms with Crippen LogP contribution in [0.4, 0.5) is 15.8 Å². The normalized spacial score (nSPS) is 17.2. The molecule has 2 aromatic rings. The SMILES string of the molecule is O=C(Nc1ccc(N2CCOCC2)c(F)c1)c1ccc(S(=O)(=O)NC2CC2)cc1. The Bertz CT molecular complexity index is 1000. The molecule has 1 saturated carbocycles. The highest BCUT2D eigenvalue weighted by Crippen LogP contribution is 2.25. The molecule has 0 bridgehead atoms. The highest BCUT2D eigenvalue weighted by atomic mass is 32.2. The summed E-state index contributed by atoms with van der Waals surface area (Å²) in [5, 5.41) is 2.64. The van der Waals surface area contributed by atoms with Crippen molar-refractivity contribution in [2.75, 3.05) is 36.5 Å². The van der Waals surface area contributed by atoms with E-state index in [0.29, 0.717) is 37.7 Å². The van der Waals surface area contributed by atoms with Crippen LogP contribution >= 0.6 is 0 Å². The van der Waals surface area contributed by atoms with Gasteiger partial charge in [0.1, 0.15) is 5.82 Å². The zero-order valence-electron chi connectivity index (χ0n) is 15.7. The fourth-order valence-electron chi connectivity index (χ4n) is 3.12. The molecule has 2 aromatic carbocycles. The number of amides is 1. The van der Waals surface area contributed by atoms with Crippen LogP contribution in [0.3, 0.4) is 0 Å². The number of ether oxygens (including phenoxy) is 1. The van der Waals surface area contributed by atoms with Crippen LogP contribution in [0, 0.1) is 5.82 Å². The van der Waals surface area contributed by atoms with E-state index in [1.54, 1.807) is 12.1 Å². The van der Waals surface area contributed by atoms with Crippen molar-refractivity contribution in [3.05, 3.63) is 53.8 Å². The fourth-order valence-corrected chi connectivity index (χ4v) is 4.43. The minimum Gasteiger partial charge on any atom is -0.378 e. The lowest BCUT2D eigenvalue weighted by molar-refractivity contribution is 0.102. The van der Waals surface area contributed by atoms with Crippen molar-refractivity contribution in [2.24, 2.45) is 0 Å². The van der Waals surface area contributed by atoms with Gasteiger partial charge >= 0.3 is 0 Å². The smallest absolute Gasteiger partial charge is 0.255 e. The maximum absolute atomic E-state index is 14.5. The fraction of sp³-hybridized carbons (Fsp3) is 0.350. The molecule has 1 aliphatic carbocycles. The largest absolute Gasteiger partial charge is 0.378 e. The van der Waals surface area contributed by atoms with E-state index in [1.807, 2.05) is 4.90 Å². The minimum absolute atomic E-state index is 0.0123. The monoisotopic (exact) mass is 419 g/mol. The molecular weight excluding hydrogens is 397 g/mol. The van der Waals surface area contributed by atoms with Gasteiger partial charge in [-0.2, -0.15) is 0 Å². The first kappa shape index (κ1) is 19.8. The van der Waals surface area contributed by atoms with E-state index in [2.05, 4.69) is 10.0 Å². The summed E-state index contributed by atoms with van der Waals surface area (Å²) in [5.74, 6) is -0.861. The van der Waals surface area contributed by atoms with E-state index in [1.165, 1.54) is 30.3 Å². The predicted octanol–water partition coefficient (Wildman–Crippen LogP) is 2.36. The first-order valence-corrected chi connectivity index (χ1v) is 11.0. The lowest BCUT2D eigenvalue weighted by Gasteiger charge is -2.29. The van der Waals surface area contributed by atoms with Crippen molar-refractivity contribution in [3.8, 4) is 0 Å². The third-order valence-electron chi connectivity index (χ3n) is 4.88. The van der Waals surface area contributed by atoms with Crippen molar-refractivity contribution in [2.45, 2.75) is 23.8 Å². The topological polar surface area (TPSA) is 87.7 Å². The number of rotatable bonds is 6. The third-order valence-corrected chi connectivity index (χ3v) is 6.42. The van der Waals surface area contributed by atoms with Crippen molar-refractivity contribution in [1.29, 1.82) is 0 Å². The lowest BCUT2D eigenvalue weighted by atomic mass is 10.2. The molecule has 2 aliphatic rings. The molecule has 1 aliphatic heterocycles. The molecule has 1 amide bonds. The predicted molar refractivity (Wildman–Crippen MR) is 107 cm³/mol. The summed E-state index contributed by atoms with van der Waals surface area (Å²) in [5.41, 5.74) is 1.09. The van der Waals surface area contributed by atoms with Gasteiger partial charge in [0.15, 0.2) is 0 Å². The molecule has 0 unspecified atom stereocenters. The summed E-state index contributed by atoms with van der Waals surface area (Å²) in [6, 6.07) is 10.2. The van der Waals surface area contributed by atoms with Gasteiger partial charge in [0.2, 0.25) is 10.0 Å². The van der Waals surface area contributed by atoms with Crippen LogP contribution in [0.25, 0.3) is 0 Å². The van der Waals surface area contributed by atoms with Crippen LogP contribution in [0.2, 0.25) is 0 Å². The van der Waals surface area contributed by atoms with Crippen LogP contribution in [0.15, 0.2) is 47.4 Å². The number of hydrogen-bond acceptors (Lipinski definition) is 5. The Kier molecular flexibility index (Phi) is 5.53. The van der Waals surface area contributed by atoms with E-state index < -0.39 is 21.7 Å². The van der Waals surface area contributed by atoms with Crippen LogP contribution in [-0.4, -0.2) is 46.7 Å². The van der Waals surface area contributed by atoms with Gasteiger partial charge in [0.25, 0.3) is 5.91 Å². The molecule has 7 nitrogen and oxygen atoms in total. The molecule has 1 saturated heterocycles. The lowest BCUT2D eigenvalue weighted by Crippen LogP contribution is -2.36. The molecule has 4 rings (SSSR count). The molecule has 2 N–H and O–H groups in total. The third kappa shape index (κ3) is 4.75. The molecule has 0 radical (unpaired) electrons. The Balaban J connectivity index is 1.43. The molecule has 9 heteroatoms. The van der Waals surface area contributed by atoms with Crippen molar-refractivity contribution >= 4 is 27.3 Å². The van der Waals surface area contributed by atoms with Crippen LogP contribution < -0.4 is 14.9 Å². The van der Waals surface area contributed by atoms with Gasteiger partial charge in [0, 0.05) is 30.4 Å². The zero-order chi connectivity index (χ0) is 20.4. The first-order valence-electron chi connectivity index (χ1n) is 9.48. The number of halogens is 1. The molecule has 154 valence electrons. The molecule has 0 aromatic heterocycles. The molecular formula is C20H22FN3O4S. The zero-order valence-corrected chi connectivity index (χ0v) is 16.5. The summed E-state index contributed by atoms with van der Waals surface area (Å²) < 4.78 is 46.7. The minimum atomic E-state index is -3.56. The number of benzene rings is 2. The number of carbonyl (C=O) groups is 1. The van der Waals surface area contributed by atoms with E-state index in [4.69, 9.17) is 4.74 Å². The van der Waals surface area contributed by atoms with Crippen LogP contribution in [-0.2, 0) is 14.8 Å². The quantitative estimate of drug-likeness (QED) is 0.751. The summed E-state index contributed by atoms with van der Waals surface area (Å²) in [6.45, 7) is 2.35. The van der Waals surface area contributed by atoms with Crippen molar-refractivity contribution < 1.29 is 22.3 Å². The van der Waals surface area contributed by atoms with Gasteiger partial charge in [-0.25, -0.2) is 17.5 Å². The average molecular weight is 419 g/mol. The van der Waals surface area contributed by atoms with E-state index in [-0.39, 0.29) is 16.5 Å². The maximum atomic E-state index is 14.5. The van der Waals surface area contributed by atoms with Gasteiger partial charge in [-0.3, -0.25) is 4.79 Å². The number of anilines is 2. The number of carbonyl (C=O) groups excluding carboxylic acids is 1. The Labute approximate surface area is 168 Å².